The predicted molar refractivity (Wildman–Crippen MR) is 69.1 cm³/mol. The molecule has 1 heterocycles. The van der Waals surface area contributed by atoms with Crippen molar-refractivity contribution in [3.8, 4) is 0 Å². The summed E-state index contributed by atoms with van der Waals surface area (Å²) in [6.45, 7) is 1.11. The highest BCUT2D eigenvalue weighted by atomic mass is 32.2. The number of benzene rings is 1. The lowest BCUT2D eigenvalue weighted by Crippen LogP contribution is -2.09. The summed E-state index contributed by atoms with van der Waals surface area (Å²) in [6.07, 6.45) is 4.14. The topological polar surface area (TPSA) is 69.6 Å². The van der Waals surface area contributed by atoms with Gasteiger partial charge in [-0.1, -0.05) is 6.08 Å². The monoisotopic (exact) mass is 266 g/mol. The Morgan fingerprint density at radius 2 is 2.28 bits per heavy atom. The predicted octanol–water partition coefficient (Wildman–Crippen LogP) is 1.93. The van der Waals surface area contributed by atoms with Crippen molar-refractivity contribution in [3.63, 3.8) is 0 Å². The molecule has 0 amide bonds. The molecule has 0 radical (unpaired) electrons. The fraction of sp³-hybridized carbons (Fsp3) is 0.308. The average Bonchev–Trinajstić information content (AvgIpc) is 2.39. The average molecular weight is 266 g/mol. The SMILES string of the molecule is C[S+]([O-])c1ccc(C2=CCOCC2)c(C(=O)O)c1. The van der Waals surface area contributed by atoms with Gasteiger partial charge in [0.15, 0.2) is 4.90 Å². The van der Waals surface area contributed by atoms with Crippen LogP contribution in [-0.4, -0.2) is 35.1 Å². The zero-order valence-electron chi connectivity index (χ0n) is 10.0. The van der Waals surface area contributed by atoms with Crippen molar-refractivity contribution in [1.82, 2.24) is 0 Å². The van der Waals surface area contributed by atoms with E-state index < -0.39 is 17.1 Å². The molecule has 0 saturated carbocycles. The van der Waals surface area contributed by atoms with Crippen LogP contribution in [0.2, 0.25) is 0 Å². The molecule has 96 valence electrons. The van der Waals surface area contributed by atoms with E-state index >= 15 is 0 Å². The molecule has 0 saturated heterocycles. The first-order valence-electron chi connectivity index (χ1n) is 5.57. The van der Waals surface area contributed by atoms with Crippen molar-refractivity contribution < 1.29 is 19.2 Å². The van der Waals surface area contributed by atoms with E-state index in [0.29, 0.717) is 30.1 Å². The van der Waals surface area contributed by atoms with Crippen molar-refractivity contribution >= 4 is 22.7 Å². The number of carboxylic acids is 1. The van der Waals surface area contributed by atoms with Crippen LogP contribution in [0.25, 0.3) is 5.57 Å². The first kappa shape index (κ1) is 13.1. The molecule has 18 heavy (non-hydrogen) atoms. The second kappa shape index (κ2) is 5.56. The van der Waals surface area contributed by atoms with Gasteiger partial charge in [-0.2, -0.15) is 0 Å². The number of aromatic carboxylic acids is 1. The molecule has 5 heteroatoms. The van der Waals surface area contributed by atoms with E-state index in [0.717, 1.165) is 5.57 Å². The fourth-order valence-electron chi connectivity index (χ4n) is 1.93. The molecule has 0 spiro atoms. The molecule has 1 aliphatic heterocycles. The molecule has 0 aromatic heterocycles. The van der Waals surface area contributed by atoms with Crippen LogP contribution in [0.5, 0.6) is 0 Å². The molecule has 2 rings (SSSR count). The number of hydrogen-bond donors (Lipinski definition) is 1. The third-order valence-corrected chi connectivity index (χ3v) is 3.78. The quantitative estimate of drug-likeness (QED) is 0.849. The Kier molecular flexibility index (Phi) is 4.06. The Labute approximate surface area is 108 Å². The van der Waals surface area contributed by atoms with Gasteiger partial charge >= 0.3 is 5.97 Å². The minimum Gasteiger partial charge on any atom is -0.612 e. The molecule has 1 atom stereocenters. The second-order valence-electron chi connectivity index (χ2n) is 4.02. The highest BCUT2D eigenvalue weighted by molar-refractivity contribution is 7.90. The molecule has 1 N–H and O–H groups in total. The number of carbonyl (C=O) groups is 1. The molecule has 0 fully saturated rings. The number of carboxylic acid groups (broad SMARTS) is 1. The molecule has 0 bridgehead atoms. The second-order valence-corrected chi connectivity index (χ2v) is 5.40. The van der Waals surface area contributed by atoms with Gasteiger partial charge in [0.2, 0.25) is 0 Å². The number of rotatable bonds is 3. The molecule has 1 aliphatic rings. The normalized spacial score (nSPS) is 17.1. The van der Waals surface area contributed by atoms with Gasteiger partial charge in [0.25, 0.3) is 0 Å². The third-order valence-electron chi connectivity index (χ3n) is 2.86. The lowest BCUT2D eigenvalue weighted by atomic mass is 9.96. The first-order chi connectivity index (χ1) is 8.59. The maximum absolute atomic E-state index is 11.4. The Morgan fingerprint density at radius 3 is 2.83 bits per heavy atom. The van der Waals surface area contributed by atoms with E-state index in [2.05, 4.69) is 0 Å². The van der Waals surface area contributed by atoms with E-state index in [1.807, 2.05) is 6.08 Å². The third kappa shape index (κ3) is 2.75. The van der Waals surface area contributed by atoms with Crippen LogP contribution in [0.1, 0.15) is 22.3 Å². The van der Waals surface area contributed by atoms with Crippen LogP contribution in [0.4, 0.5) is 0 Å². The highest BCUT2D eigenvalue weighted by Crippen LogP contribution is 2.26. The van der Waals surface area contributed by atoms with Gasteiger partial charge in [-0.05, 0) is 40.9 Å². The van der Waals surface area contributed by atoms with Crippen LogP contribution in [0.15, 0.2) is 29.2 Å². The largest absolute Gasteiger partial charge is 0.612 e. The van der Waals surface area contributed by atoms with Crippen molar-refractivity contribution in [2.24, 2.45) is 0 Å². The van der Waals surface area contributed by atoms with E-state index in [-0.39, 0.29) is 5.56 Å². The lowest BCUT2D eigenvalue weighted by Gasteiger charge is -2.16. The molecule has 4 nitrogen and oxygen atoms in total. The van der Waals surface area contributed by atoms with E-state index in [1.165, 1.54) is 12.3 Å². The molecule has 0 aliphatic carbocycles. The van der Waals surface area contributed by atoms with Gasteiger partial charge in [-0.15, -0.1) is 0 Å². The van der Waals surface area contributed by atoms with Crippen molar-refractivity contribution in [2.45, 2.75) is 11.3 Å². The Bertz CT molecular complexity index is 494. The maximum Gasteiger partial charge on any atom is 0.336 e. The minimum atomic E-state index is -1.18. The van der Waals surface area contributed by atoms with E-state index in [4.69, 9.17) is 4.74 Å². The van der Waals surface area contributed by atoms with Crippen LogP contribution < -0.4 is 0 Å². The smallest absolute Gasteiger partial charge is 0.336 e. The zero-order valence-corrected chi connectivity index (χ0v) is 10.8. The summed E-state index contributed by atoms with van der Waals surface area (Å²) < 4.78 is 16.6. The summed E-state index contributed by atoms with van der Waals surface area (Å²) in [5.41, 5.74) is 1.88. The highest BCUT2D eigenvalue weighted by Gasteiger charge is 2.18. The van der Waals surface area contributed by atoms with Crippen LogP contribution in [0, 0.1) is 0 Å². The molecule has 1 aromatic rings. The van der Waals surface area contributed by atoms with Crippen molar-refractivity contribution in [2.75, 3.05) is 19.5 Å². The minimum absolute atomic E-state index is 0.204. The van der Waals surface area contributed by atoms with Crippen LogP contribution in [-0.2, 0) is 15.9 Å². The number of ether oxygens (including phenoxy) is 1. The molecule has 1 unspecified atom stereocenters. The zero-order chi connectivity index (χ0) is 13.1. The first-order valence-corrected chi connectivity index (χ1v) is 7.13. The summed E-state index contributed by atoms with van der Waals surface area (Å²) in [6, 6.07) is 4.94. The van der Waals surface area contributed by atoms with Crippen molar-refractivity contribution in [3.05, 3.63) is 35.4 Å². The van der Waals surface area contributed by atoms with Crippen LogP contribution >= 0.6 is 0 Å². The molecular formula is C13H14O4S. The van der Waals surface area contributed by atoms with Crippen molar-refractivity contribution in [1.29, 1.82) is 0 Å². The van der Waals surface area contributed by atoms with Gasteiger partial charge in [0.05, 0.1) is 18.8 Å². The standard InChI is InChI=1S/C13H14O4S/c1-18(16)10-2-3-11(12(8-10)13(14)15)9-4-6-17-7-5-9/h2-4,8H,5-7H2,1H3,(H,14,15). The van der Waals surface area contributed by atoms with E-state index in [9.17, 15) is 14.5 Å². The lowest BCUT2D eigenvalue weighted by molar-refractivity contribution is 0.0696. The Hall–Kier alpha value is -1.30. The Balaban J connectivity index is 2.46. The van der Waals surface area contributed by atoms with E-state index in [1.54, 1.807) is 12.1 Å². The summed E-state index contributed by atoms with van der Waals surface area (Å²) in [5.74, 6) is -0.996. The summed E-state index contributed by atoms with van der Waals surface area (Å²) >= 11 is -1.18. The van der Waals surface area contributed by atoms with Gasteiger partial charge in [-0.3, -0.25) is 0 Å². The van der Waals surface area contributed by atoms with Gasteiger partial charge in [-0.25, -0.2) is 4.79 Å². The number of hydrogen-bond acceptors (Lipinski definition) is 3. The fourth-order valence-corrected chi connectivity index (χ4v) is 2.47. The maximum atomic E-state index is 11.4. The van der Waals surface area contributed by atoms with Crippen LogP contribution in [0.3, 0.4) is 0 Å². The van der Waals surface area contributed by atoms with Gasteiger partial charge in [0, 0.05) is 6.07 Å². The summed E-state index contributed by atoms with van der Waals surface area (Å²) in [7, 11) is 0. The molecule has 1 aromatic carbocycles. The summed E-state index contributed by atoms with van der Waals surface area (Å²) in [4.78, 5) is 11.8. The Morgan fingerprint density at radius 1 is 1.50 bits per heavy atom. The van der Waals surface area contributed by atoms with Gasteiger partial charge in [0.1, 0.15) is 6.26 Å². The molecular weight excluding hydrogens is 252 g/mol. The van der Waals surface area contributed by atoms with Gasteiger partial charge < -0.3 is 14.4 Å². The summed E-state index contributed by atoms with van der Waals surface area (Å²) in [5, 5.41) is 9.25.